The van der Waals surface area contributed by atoms with Crippen molar-refractivity contribution >= 4 is 11.7 Å². The van der Waals surface area contributed by atoms with Crippen molar-refractivity contribution in [3.05, 3.63) is 78.4 Å². The average Bonchev–Trinajstić information content (AvgIpc) is 3.45. The summed E-state index contributed by atoms with van der Waals surface area (Å²) in [4.78, 5) is 18.3. The first-order valence-electron chi connectivity index (χ1n) is 11.4. The fraction of sp³-hybridized carbons (Fsp3) is 0.385. The molecule has 1 unspecified atom stereocenters. The molecule has 32 heavy (non-hydrogen) atoms. The number of esters is 1. The van der Waals surface area contributed by atoms with Crippen LogP contribution in [0.4, 0.5) is 5.69 Å². The van der Waals surface area contributed by atoms with Crippen LogP contribution in [0, 0.1) is 0 Å². The lowest BCUT2D eigenvalue weighted by Crippen LogP contribution is -2.25. The van der Waals surface area contributed by atoms with E-state index in [9.17, 15) is 4.79 Å². The Hall–Kier alpha value is -3.28. The highest BCUT2D eigenvalue weighted by Gasteiger charge is 2.29. The SMILES string of the molecule is CCOC(=O)CCN1CC(CCn2ccnc2)c2cc(OCCc3ccccc3)ccc21. The maximum absolute atomic E-state index is 11.9. The van der Waals surface area contributed by atoms with E-state index in [1.807, 2.05) is 37.8 Å². The predicted octanol–water partition coefficient (Wildman–Crippen LogP) is 4.45. The van der Waals surface area contributed by atoms with Crippen molar-refractivity contribution in [2.24, 2.45) is 0 Å². The van der Waals surface area contributed by atoms with Gasteiger partial charge < -0.3 is 18.9 Å². The van der Waals surface area contributed by atoms with Crippen LogP contribution in [0.5, 0.6) is 5.75 Å². The lowest BCUT2D eigenvalue weighted by atomic mass is 9.97. The van der Waals surface area contributed by atoms with Crippen molar-refractivity contribution in [3.63, 3.8) is 0 Å². The van der Waals surface area contributed by atoms with Gasteiger partial charge in [-0.05, 0) is 42.7 Å². The van der Waals surface area contributed by atoms with E-state index >= 15 is 0 Å². The van der Waals surface area contributed by atoms with Gasteiger partial charge in [0, 0.05) is 50.1 Å². The standard InChI is InChI=1S/C26H31N3O3/c1-2-31-26(30)11-15-29-19-22(10-14-28-16-13-27-20-28)24-18-23(8-9-25(24)29)32-17-12-21-6-4-3-5-7-21/h3-9,13,16,18,20,22H,2,10-12,14-15,17,19H2,1H3. The molecule has 0 bridgehead atoms. The lowest BCUT2D eigenvalue weighted by Gasteiger charge is -2.19. The smallest absolute Gasteiger partial charge is 0.307 e. The minimum Gasteiger partial charge on any atom is -0.493 e. The molecule has 0 fully saturated rings. The summed E-state index contributed by atoms with van der Waals surface area (Å²) in [6.45, 7) is 5.39. The molecule has 2 aromatic carbocycles. The molecule has 1 aliphatic rings. The Morgan fingerprint density at radius 1 is 1.16 bits per heavy atom. The molecule has 0 spiro atoms. The summed E-state index contributed by atoms with van der Waals surface area (Å²) in [5.74, 6) is 1.14. The van der Waals surface area contributed by atoms with E-state index in [1.54, 1.807) is 0 Å². The number of rotatable bonds is 11. The van der Waals surface area contributed by atoms with Gasteiger partial charge in [0.1, 0.15) is 5.75 Å². The fourth-order valence-corrected chi connectivity index (χ4v) is 4.27. The first-order valence-corrected chi connectivity index (χ1v) is 11.4. The molecule has 0 aliphatic carbocycles. The van der Waals surface area contributed by atoms with Gasteiger partial charge in [0.15, 0.2) is 0 Å². The molecule has 6 nitrogen and oxygen atoms in total. The predicted molar refractivity (Wildman–Crippen MR) is 125 cm³/mol. The summed E-state index contributed by atoms with van der Waals surface area (Å²) in [5.41, 5.74) is 3.77. The van der Waals surface area contributed by atoms with E-state index in [1.165, 1.54) is 16.8 Å². The molecule has 1 aliphatic heterocycles. The second-order valence-electron chi connectivity index (χ2n) is 8.09. The zero-order valence-electron chi connectivity index (χ0n) is 18.7. The minimum absolute atomic E-state index is 0.142. The first-order chi connectivity index (χ1) is 15.7. The second-order valence-corrected chi connectivity index (χ2v) is 8.09. The summed E-state index contributed by atoms with van der Waals surface area (Å²) in [6.07, 6.45) is 7.96. The lowest BCUT2D eigenvalue weighted by molar-refractivity contribution is -0.142. The molecular weight excluding hydrogens is 402 g/mol. The Morgan fingerprint density at radius 2 is 2.03 bits per heavy atom. The van der Waals surface area contributed by atoms with Crippen molar-refractivity contribution < 1.29 is 14.3 Å². The number of aromatic nitrogens is 2. The molecule has 168 valence electrons. The largest absolute Gasteiger partial charge is 0.493 e. The first kappa shape index (κ1) is 21.9. The molecule has 0 saturated heterocycles. The molecule has 0 saturated carbocycles. The summed E-state index contributed by atoms with van der Waals surface area (Å²) >= 11 is 0. The maximum atomic E-state index is 11.9. The van der Waals surface area contributed by atoms with Crippen molar-refractivity contribution in [1.82, 2.24) is 9.55 Å². The van der Waals surface area contributed by atoms with Crippen LogP contribution in [0.15, 0.2) is 67.3 Å². The summed E-state index contributed by atoms with van der Waals surface area (Å²) in [6, 6.07) is 16.8. The highest BCUT2D eigenvalue weighted by molar-refractivity contribution is 5.71. The topological polar surface area (TPSA) is 56.6 Å². The van der Waals surface area contributed by atoms with E-state index in [4.69, 9.17) is 9.47 Å². The van der Waals surface area contributed by atoms with Gasteiger partial charge in [-0.3, -0.25) is 4.79 Å². The highest BCUT2D eigenvalue weighted by atomic mass is 16.5. The van der Waals surface area contributed by atoms with Crippen LogP contribution in [0.2, 0.25) is 0 Å². The van der Waals surface area contributed by atoms with Gasteiger partial charge >= 0.3 is 5.97 Å². The Labute approximate surface area is 189 Å². The monoisotopic (exact) mass is 433 g/mol. The molecule has 4 rings (SSSR count). The van der Waals surface area contributed by atoms with Crippen LogP contribution in [0.1, 0.15) is 36.8 Å². The Bertz CT molecular complexity index is 989. The molecular formula is C26H31N3O3. The molecule has 6 heteroatoms. The van der Waals surface area contributed by atoms with E-state index in [-0.39, 0.29) is 5.97 Å². The third-order valence-electron chi connectivity index (χ3n) is 5.91. The van der Waals surface area contributed by atoms with Gasteiger partial charge in [-0.15, -0.1) is 0 Å². The zero-order chi connectivity index (χ0) is 22.2. The van der Waals surface area contributed by atoms with Crippen molar-refractivity contribution in [2.45, 2.75) is 38.6 Å². The quantitative estimate of drug-likeness (QED) is 0.418. The van der Waals surface area contributed by atoms with Crippen LogP contribution in [0.25, 0.3) is 0 Å². The molecule has 2 heterocycles. The van der Waals surface area contributed by atoms with Gasteiger partial charge in [0.05, 0.1) is 26.0 Å². The third-order valence-corrected chi connectivity index (χ3v) is 5.91. The minimum atomic E-state index is -0.142. The summed E-state index contributed by atoms with van der Waals surface area (Å²) in [5, 5.41) is 0. The van der Waals surface area contributed by atoms with Crippen LogP contribution in [0.3, 0.4) is 0 Å². The molecule has 0 radical (unpaired) electrons. The number of ether oxygens (including phenoxy) is 2. The van der Waals surface area contributed by atoms with E-state index in [2.05, 4.69) is 50.8 Å². The van der Waals surface area contributed by atoms with E-state index < -0.39 is 0 Å². The number of carbonyl (C=O) groups excluding carboxylic acids is 1. The van der Waals surface area contributed by atoms with Gasteiger partial charge in [0.2, 0.25) is 0 Å². The van der Waals surface area contributed by atoms with E-state index in [0.29, 0.717) is 32.1 Å². The van der Waals surface area contributed by atoms with Crippen molar-refractivity contribution in [2.75, 3.05) is 31.2 Å². The number of hydrogen-bond acceptors (Lipinski definition) is 5. The Kier molecular flexibility index (Phi) is 7.43. The Balaban J connectivity index is 1.43. The number of aryl methyl sites for hydroxylation is 1. The van der Waals surface area contributed by atoms with Crippen molar-refractivity contribution in [3.8, 4) is 5.75 Å². The van der Waals surface area contributed by atoms with Gasteiger partial charge in [-0.25, -0.2) is 4.98 Å². The average molecular weight is 434 g/mol. The normalized spacial score (nSPS) is 14.9. The van der Waals surface area contributed by atoms with Gasteiger partial charge in [-0.2, -0.15) is 0 Å². The number of imidazole rings is 1. The number of anilines is 1. The molecule has 0 amide bonds. The highest BCUT2D eigenvalue weighted by Crippen LogP contribution is 2.40. The third kappa shape index (κ3) is 5.69. The zero-order valence-corrected chi connectivity index (χ0v) is 18.7. The Morgan fingerprint density at radius 3 is 2.81 bits per heavy atom. The molecule has 0 N–H and O–H groups in total. The summed E-state index contributed by atoms with van der Waals surface area (Å²) in [7, 11) is 0. The van der Waals surface area contributed by atoms with E-state index in [0.717, 1.165) is 31.7 Å². The number of hydrogen-bond donors (Lipinski definition) is 0. The van der Waals surface area contributed by atoms with Crippen LogP contribution < -0.4 is 9.64 Å². The maximum Gasteiger partial charge on any atom is 0.307 e. The van der Waals surface area contributed by atoms with Crippen molar-refractivity contribution in [1.29, 1.82) is 0 Å². The van der Waals surface area contributed by atoms with Gasteiger partial charge in [-0.1, -0.05) is 30.3 Å². The van der Waals surface area contributed by atoms with Gasteiger partial charge in [0.25, 0.3) is 0 Å². The number of benzene rings is 2. The number of nitrogens with zero attached hydrogens (tertiary/aromatic N) is 3. The molecule has 1 aromatic heterocycles. The fourth-order valence-electron chi connectivity index (χ4n) is 4.27. The second kappa shape index (κ2) is 10.8. The molecule has 1 atom stereocenters. The van der Waals surface area contributed by atoms with Crippen LogP contribution in [-0.2, 0) is 22.5 Å². The number of fused-ring (bicyclic) bond motifs is 1. The van der Waals surface area contributed by atoms with Crippen LogP contribution >= 0.6 is 0 Å². The number of carbonyl (C=O) groups is 1. The van der Waals surface area contributed by atoms with Crippen LogP contribution in [-0.4, -0.2) is 41.8 Å². The molecule has 3 aromatic rings. The summed E-state index contributed by atoms with van der Waals surface area (Å²) < 4.78 is 13.3.